The summed E-state index contributed by atoms with van der Waals surface area (Å²) in [7, 11) is 0. The van der Waals surface area contributed by atoms with Gasteiger partial charge in [-0.1, -0.05) is 101 Å². The molecule has 8 aromatic rings. The summed E-state index contributed by atoms with van der Waals surface area (Å²) in [6, 6.07) is 43.5. The number of nitrogens with zero attached hydrogens (tertiary/aromatic N) is 6. The van der Waals surface area contributed by atoms with Crippen LogP contribution in [0.5, 0.6) is 23.0 Å². The molecule has 0 saturated carbocycles. The third-order valence-corrected chi connectivity index (χ3v) is 14.2. The number of aromatic nitrogens is 6. The number of aryl methyl sites for hydroxylation is 4. The molecule has 0 saturated heterocycles. The van der Waals surface area contributed by atoms with E-state index in [0.717, 1.165) is 154 Å². The standard InChI is InChI=1S/C68H82N6O4/c1(5-13-31-58-35-17-21-39-69-58)9-25-44-75-62-48-56(49-63(53-62)76-45-26-10-2-6-14-32-59-36-18-22-40-70-59)66-52-55-30-29-43-73-68(55)74-67(66)57-50-64(77-46-27-11-3-7-15-33-60-37-19-23-41-71-60)54-65(51-57)78-47-28-12-4-8-16-34-61-38-20-24-42-72-61/h17-24,29-30,35-43,48-54H,1-16,25-28,31-34,44-47H2. The summed E-state index contributed by atoms with van der Waals surface area (Å²) in [5.41, 5.74) is 9.00. The first-order chi connectivity index (χ1) is 38.7. The van der Waals surface area contributed by atoms with Crippen molar-refractivity contribution >= 4 is 11.0 Å². The molecular formula is C68H82N6O4. The average molecular weight is 1050 g/mol. The Morgan fingerprint density at radius 1 is 0.282 bits per heavy atom. The van der Waals surface area contributed by atoms with Gasteiger partial charge in [0.25, 0.3) is 0 Å². The molecule has 10 nitrogen and oxygen atoms in total. The van der Waals surface area contributed by atoms with Gasteiger partial charge in [0.1, 0.15) is 23.0 Å². The number of hydrogen-bond acceptors (Lipinski definition) is 10. The minimum Gasteiger partial charge on any atom is -0.493 e. The molecule has 0 N–H and O–H groups in total. The van der Waals surface area contributed by atoms with E-state index in [4.69, 9.17) is 28.9 Å². The van der Waals surface area contributed by atoms with Crippen LogP contribution in [-0.4, -0.2) is 56.3 Å². The molecule has 0 atom stereocenters. The molecule has 0 amide bonds. The first kappa shape index (κ1) is 57.0. The fraction of sp³-hybridized carbons (Fsp3) is 0.412. The molecule has 2 aromatic carbocycles. The number of rotatable bonds is 38. The lowest BCUT2D eigenvalue weighted by Gasteiger charge is -2.17. The van der Waals surface area contributed by atoms with Crippen LogP contribution >= 0.6 is 0 Å². The number of ether oxygens (including phenoxy) is 4. The SMILES string of the molecule is c1ccc(CCCCCCCOc2cc(OCCCCCCCc3ccccn3)cc(-c3cc4cccnc4nc3-c3cc(OCCCCCCCc4ccccn4)cc(OCCCCCCCc4ccccn4)c3)c2)nc1. The number of unbranched alkanes of at least 4 members (excludes halogenated alkanes) is 16. The van der Waals surface area contributed by atoms with Crippen LogP contribution in [-0.2, 0) is 25.7 Å². The van der Waals surface area contributed by atoms with Crippen LogP contribution < -0.4 is 18.9 Å². The smallest absolute Gasteiger partial charge is 0.159 e. The quantitative estimate of drug-likeness (QED) is 0.0347. The monoisotopic (exact) mass is 1050 g/mol. The lowest BCUT2D eigenvalue weighted by atomic mass is 9.97. The molecule has 6 aromatic heterocycles. The van der Waals surface area contributed by atoms with Gasteiger partial charge in [0.2, 0.25) is 0 Å². The van der Waals surface area contributed by atoms with E-state index < -0.39 is 0 Å². The van der Waals surface area contributed by atoms with Gasteiger partial charge >= 0.3 is 0 Å². The highest BCUT2D eigenvalue weighted by molar-refractivity contribution is 5.91. The highest BCUT2D eigenvalue weighted by Gasteiger charge is 2.18. The number of fused-ring (bicyclic) bond motifs is 1. The van der Waals surface area contributed by atoms with Crippen molar-refractivity contribution in [2.45, 2.75) is 154 Å². The van der Waals surface area contributed by atoms with Crippen LogP contribution in [0, 0.1) is 0 Å². The highest BCUT2D eigenvalue weighted by Crippen LogP contribution is 2.40. The Balaban J connectivity index is 0.958. The molecule has 6 heterocycles. The fourth-order valence-electron chi connectivity index (χ4n) is 9.91. The molecular weight excluding hydrogens is 965 g/mol. The third-order valence-electron chi connectivity index (χ3n) is 14.2. The minimum absolute atomic E-state index is 0.623. The van der Waals surface area contributed by atoms with Crippen molar-refractivity contribution in [3.8, 4) is 45.4 Å². The molecule has 0 aliphatic rings. The zero-order valence-electron chi connectivity index (χ0n) is 46.1. The fourth-order valence-corrected chi connectivity index (χ4v) is 9.91. The topological polar surface area (TPSA) is 114 Å². The van der Waals surface area contributed by atoms with Gasteiger partial charge in [-0.2, -0.15) is 0 Å². The molecule has 0 spiro atoms. The van der Waals surface area contributed by atoms with Gasteiger partial charge in [0, 0.05) is 82.4 Å². The van der Waals surface area contributed by atoms with Gasteiger partial charge in [0.15, 0.2) is 5.65 Å². The van der Waals surface area contributed by atoms with E-state index in [0.29, 0.717) is 32.1 Å². The largest absolute Gasteiger partial charge is 0.493 e. The third kappa shape index (κ3) is 20.6. The Bertz CT molecular complexity index is 2550. The second-order valence-electron chi connectivity index (χ2n) is 20.6. The number of hydrogen-bond donors (Lipinski definition) is 0. The van der Waals surface area contributed by atoms with Crippen LogP contribution in [0.1, 0.15) is 151 Å². The number of benzene rings is 2. The second-order valence-corrected chi connectivity index (χ2v) is 20.6. The van der Waals surface area contributed by atoms with E-state index in [1.807, 2.05) is 67.4 Å². The molecule has 10 heteroatoms. The van der Waals surface area contributed by atoms with Gasteiger partial charge in [-0.3, -0.25) is 19.9 Å². The summed E-state index contributed by atoms with van der Waals surface area (Å²) in [5, 5.41) is 0.958. The Labute approximate surface area is 464 Å². The van der Waals surface area contributed by atoms with Crippen LogP contribution in [0.3, 0.4) is 0 Å². The summed E-state index contributed by atoms with van der Waals surface area (Å²) in [4.78, 5) is 28.0. The number of pyridine rings is 6. The molecule has 78 heavy (non-hydrogen) atoms. The van der Waals surface area contributed by atoms with Crippen molar-refractivity contribution < 1.29 is 18.9 Å². The second kappa shape index (κ2) is 33.8. The maximum atomic E-state index is 6.60. The van der Waals surface area contributed by atoms with Crippen LogP contribution in [0.25, 0.3) is 33.4 Å². The van der Waals surface area contributed by atoms with Gasteiger partial charge in [0.05, 0.1) is 32.1 Å². The molecule has 0 aliphatic heterocycles. The Hall–Kier alpha value is -7.20. The van der Waals surface area contributed by atoms with E-state index in [-0.39, 0.29) is 0 Å². The van der Waals surface area contributed by atoms with Gasteiger partial charge in [-0.25, -0.2) is 9.97 Å². The summed E-state index contributed by atoms with van der Waals surface area (Å²) in [6.07, 6.45) is 35.8. The van der Waals surface area contributed by atoms with Crippen molar-refractivity contribution in [3.05, 3.63) is 181 Å². The zero-order chi connectivity index (χ0) is 53.3. The van der Waals surface area contributed by atoms with E-state index in [9.17, 15) is 0 Å². The van der Waals surface area contributed by atoms with E-state index >= 15 is 0 Å². The predicted octanol–water partition coefficient (Wildman–Crippen LogP) is 16.8. The Morgan fingerprint density at radius 3 is 0.974 bits per heavy atom. The van der Waals surface area contributed by atoms with Crippen molar-refractivity contribution in [1.29, 1.82) is 0 Å². The zero-order valence-corrected chi connectivity index (χ0v) is 46.1. The molecule has 0 bridgehead atoms. The molecule has 408 valence electrons. The van der Waals surface area contributed by atoms with Crippen LogP contribution in [0.15, 0.2) is 158 Å². The van der Waals surface area contributed by atoms with Crippen molar-refractivity contribution in [1.82, 2.24) is 29.9 Å². The Kier molecular flexibility index (Phi) is 24.7. The Morgan fingerprint density at radius 2 is 0.615 bits per heavy atom. The van der Waals surface area contributed by atoms with E-state index in [1.165, 1.54) is 74.1 Å². The molecule has 0 unspecified atom stereocenters. The minimum atomic E-state index is 0.623. The van der Waals surface area contributed by atoms with Gasteiger partial charge in [-0.05, 0) is 174 Å². The summed E-state index contributed by atoms with van der Waals surface area (Å²) in [6.45, 7) is 2.50. The highest BCUT2D eigenvalue weighted by atomic mass is 16.5. The summed E-state index contributed by atoms with van der Waals surface area (Å²) in [5.74, 6) is 3.13. The van der Waals surface area contributed by atoms with E-state index in [1.54, 1.807) is 0 Å². The normalized spacial score (nSPS) is 11.2. The molecule has 0 aliphatic carbocycles. The first-order valence-corrected chi connectivity index (χ1v) is 29.4. The molecule has 8 rings (SSSR count). The van der Waals surface area contributed by atoms with Crippen LogP contribution in [0.2, 0.25) is 0 Å². The van der Waals surface area contributed by atoms with Gasteiger partial charge in [-0.15, -0.1) is 0 Å². The maximum Gasteiger partial charge on any atom is 0.159 e. The van der Waals surface area contributed by atoms with Gasteiger partial charge < -0.3 is 18.9 Å². The average Bonchev–Trinajstić information content (AvgIpc) is 3.52. The summed E-state index contributed by atoms with van der Waals surface area (Å²) >= 11 is 0. The summed E-state index contributed by atoms with van der Waals surface area (Å²) < 4.78 is 26.4. The lowest BCUT2D eigenvalue weighted by molar-refractivity contribution is 0.289. The molecule has 0 radical (unpaired) electrons. The van der Waals surface area contributed by atoms with Crippen molar-refractivity contribution in [2.75, 3.05) is 26.4 Å². The lowest BCUT2D eigenvalue weighted by Crippen LogP contribution is -2.02. The predicted molar refractivity (Wildman–Crippen MR) is 316 cm³/mol. The maximum absolute atomic E-state index is 6.60. The first-order valence-electron chi connectivity index (χ1n) is 29.4. The van der Waals surface area contributed by atoms with Crippen molar-refractivity contribution in [2.24, 2.45) is 0 Å². The van der Waals surface area contributed by atoms with E-state index in [2.05, 4.69) is 111 Å². The molecule has 0 fully saturated rings. The van der Waals surface area contributed by atoms with Crippen molar-refractivity contribution in [3.63, 3.8) is 0 Å². The van der Waals surface area contributed by atoms with Crippen LogP contribution in [0.4, 0.5) is 0 Å².